The van der Waals surface area contributed by atoms with E-state index in [1.165, 1.54) is 5.56 Å². The first-order valence-corrected chi connectivity index (χ1v) is 15.4. The van der Waals surface area contributed by atoms with E-state index in [0.29, 0.717) is 53.8 Å². The van der Waals surface area contributed by atoms with E-state index in [2.05, 4.69) is 17.1 Å². The van der Waals surface area contributed by atoms with Crippen molar-refractivity contribution in [1.82, 2.24) is 4.90 Å². The number of carbonyl (C=O) groups is 2. The summed E-state index contributed by atoms with van der Waals surface area (Å²) in [6.45, 7) is 1.27. The number of methoxy groups -OCH3 is 1. The van der Waals surface area contributed by atoms with Crippen LogP contribution in [-0.2, 0) is 17.8 Å². The van der Waals surface area contributed by atoms with Crippen LogP contribution in [0.5, 0.6) is 17.2 Å². The number of aromatic hydroxyl groups is 1. The molecule has 3 aliphatic heterocycles. The van der Waals surface area contributed by atoms with Gasteiger partial charge >= 0.3 is 0 Å². The molecule has 3 aliphatic rings. The van der Waals surface area contributed by atoms with Gasteiger partial charge in [0.1, 0.15) is 5.75 Å². The highest BCUT2D eigenvalue weighted by Gasteiger charge is 2.35. The summed E-state index contributed by atoms with van der Waals surface area (Å²) >= 11 is 6.33. The van der Waals surface area contributed by atoms with Crippen LogP contribution in [0.1, 0.15) is 45.8 Å². The van der Waals surface area contributed by atoms with Crippen molar-refractivity contribution in [3.05, 3.63) is 89.0 Å². The summed E-state index contributed by atoms with van der Waals surface area (Å²) in [4.78, 5) is 35.3. The summed E-state index contributed by atoms with van der Waals surface area (Å²) in [6, 6.07) is 20.8. The van der Waals surface area contributed by atoms with Crippen LogP contribution in [0.25, 0.3) is 10.8 Å². The third kappa shape index (κ3) is 4.83. The van der Waals surface area contributed by atoms with Gasteiger partial charge in [0.2, 0.25) is 5.91 Å². The van der Waals surface area contributed by atoms with E-state index in [1.54, 1.807) is 30.2 Å². The number of phenols is 1. The molecule has 4 aromatic rings. The summed E-state index contributed by atoms with van der Waals surface area (Å²) in [5.74, 6) is 1.27. The average molecular weight is 610 g/mol. The Labute approximate surface area is 260 Å². The van der Waals surface area contributed by atoms with Gasteiger partial charge in [0.05, 0.1) is 36.7 Å². The lowest BCUT2D eigenvalue weighted by Gasteiger charge is -2.34. The normalized spacial score (nSPS) is 18.4. The molecule has 0 fully saturated rings. The molecule has 7 rings (SSSR count). The van der Waals surface area contributed by atoms with Crippen molar-refractivity contribution in [3.63, 3.8) is 0 Å². The van der Waals surface area contributed by atoms with E-state index in [4.69, 9.17) is 21.1 Å². The molecule has 1 N–H and O–H groups in total. The van der Waals surface area contributed by atoms with Gasteiger partial charge in [0.15, 0.2) is 11.5 Å². The molecule has 0 saturated heterocycles. The highest BCUT2D eigenvalue weighted by atomic mass is 35.5. The number of hydrogen-bond acceptors (Lipinski definition) is 6. The molecule has 0 aromatic heterocycles. The Balaban J connectivity index is 1.05. The fourth-order valence-corrected chi connectivity index (χ4v) is 6.90. The quantitative estimate of drug-likeness (QED) is 0.194. The van der Waals surface area contributed by atoms with Crippen molar-refractivity contribution in [2.75, 3.05) is 31.0 Å². The minimum atomic E-state index is -0.125. The van der Waals surface area contributed by atoms with Crippen LogP contribution in [0.2, 0.25) is 0 Å². The number of halogens is 1. The number of phenolic OH excluding ortho intramolecular Hbond substituents is 1. The van der Waals surface area contributed by atoms with E-state index in [0.717, 1.165) is 28.3 Å². The molecule has 0 bridgehead atoms. The van der Waals surface area contributed by atoms with Gasteiger partial charge in [-0.3, -0.25) is 14.6 Å². The predicted molar refractivity (Wildman–Crippen MR) is 171 cm³/mol. The molecule has 44 heavy (non-hydrogen) atoms. The zero-order valence-electron chi connectivity index (χ0n) is 24.3. The van der Waals surface area contributed by atoms with Crippen LogP contribution >= 0.6 is 11.6 Å². The maximum Gasteiger partial charge on any atom is 0.257 e. The predicted octanol–water partition coefficient (Wildman–Crippen LogP) is 6.37. The second kappa shape index (κ2) is 11.5. The van der Waals surface area contributed by atoms with Gasteiger partial charge in [-0.05, 0) is 41.0 Å². The van der Waals surface area contributed by atoms with Crippen LogP contribution in [-0.4, -0.2) is 60.2 Å². The number of nitrogens with zero attached hydrogens (tertiary/aromatic N) is 3. The Bertz CT molecular complexity index is 1820. The molecule has 224 valence electrons. The Morgan fingerprint density at radius 3 is 2.61 bits per heavy atom. The first kappa shape index (κ1) is 28.2. The molecular weight excluding hydrogens is 578 g/mol. The number of alkyl halides is 1. The zero-order chi connectivity index (χ0) is 30.4. The van der Waals surface area contributed by atoms with Crippen molar-refractivity contribution in [1.29, 1.82) is 0 Å². The summed E-state index contributed by atoms with van der Waals surface area (Å²) in [6.07, 6.45) is 3.28. The third-order valence-electron chi connectivity index (χ3n) is 8.87. The molecule has 2 amide bonds. The van der Waals surface area contributed by atoms with Crippen molar-refractivity contribution in [2.45, 2.75) is 37.8 Å². The van der Waals surface area contributed by atoms with Crippen molar-refractivity contribution in [3.8, 4) is 17.2 Å². The maximum atomic E-state index is 13.6. The van der Waals surface area contributed by atoms with Crippen molar-refractivity contribution >= 4 is 51.8 Å². The number of benzene rings is 4. The highest BCUT2D eigenvalue weighted by Crippen LogP contribution is 2.45. The van der Waals surface area contributed by atoms with Gasteiger partial charge in [0.25, 0.3) is 5.91 Å². The number of amides is 2. The summed E-state index contributed by atoms with van der Waals surface area (Å²) in [5.41, 5.74) is 5.11. The Kier molecular flexibility index (Phi) is 7.38. The minimum Gasteiger partial charge on any atom is -0.507 e. The second-order valence-electron chi connectivity index (χ2n) is 11.5. The largest absolute Gasteiger partial charge is 0.507 e. The lowest BCUT2D eigenvalue weighted by molar-refractivity contribution is -0.118. The van der Waals surface area contributed by atoms with Gasteiger partial charge in [-0.25, -0.2) is 0 Å². The van der Waals surface area contributed by atoms with E-state index in [-0.39, 0.29) is 42.6 Å². The average Bonchev–Trinajstić information content (AvgIpc) is 3.37. The molecule has 8 nitrogen and oxygen atoms in total. The smallest absolute Gasteiger partial charge is 0.257 e. The summed E-state index contributed by atoms with van der Waals surface area (Å²) < 4.78 is 11.7. The van der Waals surface area contributed by atoms with Crippen molar-refractivity contribution in [2.24, 2.45) is 4.99 Å². The van der Waals surface area contributed by atoms with Gasteiger partial charge in [-0.1, -0.05) is 48.5 Å². The molecule has 0 radical (unpaired) electrons. The number of aliphatic imine (C=N–C) groups is 1. The van der Waals surface area contributed by atoms with E-state index in [1.807, 2.05) is 47.5 Å². The van der Waals surface area contributed by atoms with E-state index in [9.17, 15) is 14.7 Å². The second-order valence-corrected chi connectivity index (χ2v) is 11.8. The van der Waals surface area contributed by atoms with Gasteiger partial charge in [-0.15, -0.1) is 11.6 Å². The summed E-state index contributed by atoms with van der Waals surface area (Å²) in [7, 11) is 1.54. The molecule has 3 heterocycles. The van der Waals surface area contributed by atoms with Crippen LogP contribution in [0.4, 0.5) is 11.4 Å². The van der Waals surface area contributed by atoms with Gasteiger partial charge in [0, 0.05) is 55.0 Å². The molecule has 4 aromatic carbocycles. The Morgan fingerprint density at radius 2 is 1.82 bits per heavy atom. The molecular formula is C35H32ClN3O5. The topological polar surface area (TPSA) is 91.7 Å². The first-order chi connectivity index (χ1) is 21.5. The fourth-order valence-electron chi connectivity index (χ4n) is 6.65. The standard InChI is InChI=1S/C35H32ClN3O5/c1-43-31-14-27-28(37-18-24-13-21-7-2-3-8-22(21)19-38(24)35(27)42)15-32(31)44-12-6-11-33(41)39-20-23(17-36)34-26-10-5-4-9-25(26)30(40)16-29(34)39/h2-5,7-10,14-16,18,23-24,40H,6,11-13,17,19-20H2,1H3/t23-,24+/m1/s1. The molecule has 0 aliphatic carbocycles. The summed E-state index contributed by atoms with van der Waals surface area (Å²) in [5, 5.41) is 12.3. The third-order valence-corrected chi connectivity index (χ3v) is 9.24. The molecule has 0 unspecified atom stereocenters. The number of ether oxygens (including phenoxy) is 2. The fraction of sp³-hybridized carbons (Fsp3) is 0.286. The molecule has 9 heteroatoms. The minimum absolute atomic E-state index is 0.0150. The number of anilines is 1. The van der Waals surface area contributed by atoms with Crippen molar-refractivity contribution < 1.29 is 24.2 Å². The number of carbonyl (C=O) groups excluding carboxylic acids is 2. The SMILES string of the molecule is COc1cc2c(cc1OCCCC(=O)N1C[C@@H](CCl)c3c1cc(O)c1ccccc31)N=C[C@@H]1Cc3ccccc3CN1C2=O. The van der Waals surface area contributed by atoms with Gasteiger partial charge < -0.3 is 24.4 Å². The van der Waals surface area contributed by atoms with Crippen LogP contribution in [0, 0.1) is 0 Å². The number of hydrogen-bond donors (Lipinski definition) is 1. The van der Waals surface area contributed by atoms with Crippen LogP contribution in [0.3, 0.4) is 0 Å². The van der Waals surface area contributed by atoms with Crippen LogP contribution < -0.4 is 14.4 Å². The Hall–Kier alpha value is -4.56. The lowest BCUT2D eigenvalue weighted by atomic mass is 9.94. The highest BCUT2D eigenvalue weighted by molar-refractivity contribution is 6.19. The maximum absolute atomic E-state index is 13.6. The number of fused-ring (bicyclic) bond motifs is 6. The lowest BCUT2D eigenvalue weighted by Crippen LogP contribution is -2.44. The Morgan fingerprint density at radius 1 is 1.05 bits per heavy atom. The molecule has 2 atom stereocenters. The zero-order valence-corrected chi connectivity index (χ0v) is 25.1. The monoisotopic (exact) mass is 609 g/mol. The van der Waals surface area contributed by atoms with E-state index < -0.39 is 0 Å². The van der Waals surface area contributed by atoms with Gasteiger partial charge in [-0.2, -0.15) is 0 Å². The molecule has 0 saturated carbocycles. The van der Waals surface area contributed by atoms with E-state index >= 15 is 0 Å². The van der Waals surface area contributed by atoms with Crippen LogP contribution in [0.15, 0.2) is 71.7 Å². The molecule has 0 spiro atoms. The number of rotatable bonds is 7. The first-order valence-electron chi connectivity index (χ1n) is 14.8.